The normalized spacial score (nSPS) is 47.7. The summed E-state index contributed by atoms with van der Waals surface area (Å²) >= 11 is 0. The second kappa shape index (κ2) is 2.01. The van der Waals surface area contributed by atoms with Gasteiger partial charge >= 0.3 is 0 Å². The molecule has 2 rings (SSSR count). The van der Waals surface area contributed by atoms with E-state index in [1.807, 2.05) is 0 Å². The van der Waals surface area contributed by atoms with Gasteiger partial charge in [-0.1, -0.05) is 6.92 Å². The molecule has 1 nitrogen and oxygen atoms in total. The second-order valence-corrected chi connectivity index (χ2v) is 4.95. The van der Waals surface area contributed by atoms with Gasteiger partial charge in [-0.25, -0.2) is 0 Å². The Morgan fingerprint density at radius 1 is 1.18 bits per heavy atom. The molecule has 0 bridgehead atoms. The fraction of sp³-hybridized carbons (Fsp3) is 1.00. The van der Waals surface area contributed by atoms with Gasteiger partial charge in [0.15, 0.2) is 0 Å². The highest BCUT2D eigenvalue weighted by Crippen LogP contribution is 2.57. The van der Waals surface area contributed by atoms with Crippen molar-refractivity contribution in [2.75, 3.05) is 6.61 Å². The molecule has 2 unspecified atom stereocenters. The Hall–Kier alpha value is -0.0400. The van der Waals surface area contributed by atoms with Gasteiger partial charge in [-0.2, -0.15) is 0 Å². The van der Waals surface area contributed by atoms with Crippen LogP contribution in [-0.4, -0.2) is 12.2 Å². The summed E-state index contributed by atoms with van der Waals surface area (Å²) in [5.41, 5.74) is 0.785. The third kappa shape index (κ3) is 0.936. The number of rotatable bonds is 0. The molecule has 11 heavy (non-hydrogen) atoms. The molecule has 1 aliphatic heterocycles. The average molecular weight is 154 g/mol. The lowest BCUT2D eigenvalue weighted by Gasteiger charge is -2.58. The van der Waals surface area contributed by atoms with Gasteiger partial charge in [0.25, 0.3) is 0 Å². The van der Waals surface area contributed by atoms with Crippen LogP contribution in [0.3, 0.4) is 0 Å². The van der Waals surface area contributed by atoms with Gasteiger partial charge in [0.05, 0.1) is 5.60 Å². The molecule has 1 saturated carbocycles. The van der Waals surface area contributed by atoms with E-state index in [-0.39, 0.29) is 5.60 Å². The molecule has 1 aliphatic carbocycles. The van der Waals surface area contributed by atoms with Crippen molar-refractivity contribution in [2.45, 2.75) is 45.6 Å². The monoisotopic (exact) mass is 154 g/mol. The second-order valence-electron chi connectivity index (χ2n) is 4.95. The van der Waals surface area contributed by atoms with E-state index in [1.54, 1.807) is 0 Å². The molecule has 2 fully saturated rings. The molecule has 64 valence electrons. The zero-order valence-corrected chi connectivity index (χ0v) is 7.81. The number of hydrogen-bond donors (Lipinski definition) is 0. The van der Waals surface area contributed by atoms with Crippen LogP contribution in [0, 0.1) is 11.3 Å². The molecule has 0 aromatic carbocycles. The van der Waals surface area contributed by atoms with Gasteiger partial charge in [0.2, 0.25) is 0 Å². The highest BCUT2D eigenvalue weighted by Gasteiger charge is 2.53. The molecular weight excluding hydrogens is 136 g/mol. The molecule has 0 aromatic rings. The van der Waals surface area contributed by atoms with Gasteiger partial charge in [-0.3, -0.25) is 0 Å². The lowest BCUT2D eigenvalue weighted by molar-refractivity contribution is -0.195. The van der Waals surface area contributed by atoms with E-state index in [9.17, 15) is 0 Å². The predicted octanol–water partition coefficient (Wildman–Crippen LogP) is 2.60. The van der Waals surface area contributed by atoms with Gasteiger partial charge in [-0.15, -0.1) is 0 Å². The molecule has 0 spiro atoms. The van der Waals surface area contributed by atoms with Crippen molar-refractivity contribution in [2.24, 2.45) is 11.3 Å². The van der Waals surface area contributed by atoms with Crippen LogP contribution < -0.4 is 0 Å². The van der Waals surface area contributed by atoms with Gasteiger partial charge < -0.3 is 4.74 Å². The summed E-state index contributed by atoms with van der Waals surface area (Å²) in [6, 6.07) is 0. The van der Waals surface area contributed by atoms with Crippen molar-refractivity contribution < 1.29 is 4.74 Å². The maximum Gasteiger partial charge on any atom is 0.0659 e. The minimum Gasteiger partial charge on any atom is -0.375 e. The van der Waals surface area contributed by atoms with Crippen molar-refractivity contribution in [3.63, 3.8) is 0 Å². The number of fused-ring (bicyclic) bond motifs is 1. The average Bonchev–Trinajstić information content (AvgIpc) is 1.81. The molecule has 1 heterocycles. The summed E-state index contributed by atoms with van der Waals surface area (Å²) in [5, 5.41) is 0. The van der Waals surface area contributed by atoms with Crippen LogP contribution >= 0.6 is 0 Å². The Morgan fingerprint density at radius 3 is 2.27 bits per heavy atom. The topological polar surface area (TPSA) is 9.23 Å². The predicted molar refractivity (Wildman–Crippen MR) is 45.5 cm³/mol. The minimum absolute atomic E-state index is 0.158. The van der Waals surface area contributed by atoms with Crippen LogP contribution in [0.2, 0.25) is 0 Å². The molecule has 0 radical (unpaired) electrons. The molecular formula is C10H18O. The van der Waals surface area contributed by atoms with E-state index in [1.165, 1.54) is 19.3 Å². The van der Waals surface area contributed by atoms with E-state index < -0.39 is 0 Å². The lowest BCUT2D eigenvalue weighted by atomic mass is 9.53. The van der Waals surface area contributed by atoms with E-state index >= 15 is 0 Å². The quantitative estimate of drug-likeness (QED) is 0.521. The third-order valence-electron chi connectivity index (χ3n) is 3.83. The first kappa shape index (κ1) is 7.60. The van der Waals surface area contributed by atoms with Crippen molar-refractivity contribution in [1.29, 1.82) is 0 Å². The molecule has 1 saturated heterocycles. The van der Waals surface area contributed by atoms with Crippen LogP contribution in [-0.2, 0) is 4.74 Å². The molecule has 2 atom stereocenters. The fourth-order valence-corrected chi connectivity index (χ4v) is 2.92. The first-order valence-electron chi connectivity index (χ1n) is 4.69. The van der Waals surface area contributed by atoms with E-state index in [4.69, 9.17) is 4.74 Å². The van der Waals surface area contributed by atoms with E-state index in [0.29, 0.717) is 5.41 Å². The molecule has 0 aromatic heterocycles. The summed E-state index contributed by atoms with van der Waals surface area (Å²) in [4.78, 5) is 0. The Bertz CT molecular complexity index is 162. The summed E-state index contributed by atoms with van der Waals surface area (Å²) in [7, 11) is 0. The lowest BCUT2D eigenvalue weighted by Crippen LogP contribution is -2.55. The molecule has 0 amide bonds. The van der Waals surface area contributed by atoms with Crippen LogP contribution in [0.15, 0.2) is 0 Å². The summed E-state index contributed by atoms with van der Waals surface area (Å²) in [5.74, 6) is 0.823. The Balaban J connectivity index is 2.18. The summed E-state index contributed by atoms with van der Waals surface area (Å²) in [6.07, 6.45) is 4.08. The van der Waals surface area contributed by atoms with Crippen LogP contribution in [0.5, 0.6) is 0 Å². The van der Waals surface area contributed by atoms with Crippen molar-refractivity contribution in [3.8, 4) is 0 Å². The summed E-state index contributed by atoms with van der Waals surface area (Å²) < 4.78 is 5.76. The first-order chi connectivity index (χ1) is 5.05. The number of hydrogen-bond acceptors (Lipinski definition) is 1. The molecule has 1 heteroatoms. The van der Waals surface area contributed by atoms with Crippen LogP contribution in [0.25, 0.3) is 0 Å². The maximum absolute atomic E-state index is 5.76. The van der Waals surface area contributed by atoms with Gasteiger partial charge in [-0.05, 0) is 44.4 Å². The fourth-order valence-electron chi connectivity index (χ4n) is 2.92. The van der Waals surface area contributed by atoms with Crippen molar-refractivity contribution in [3.05, 3.63) is 0 Å². The standard InChI is InChI=1S/C10H18O/c1-9(2)8-4-5-10(8,3)6-7-11-9/h8H,4-7H2,1-3H3. The van der Waals surface area contributed by atoms with Gasteiger partial charge in [0.1, 0.15) is 0 Å². The van der Waals surface area contributed by atoms with Crippen LogP contribution in [0.1, 0.15) is 40.0 Å². The maximum atomic E-state index is 5.76. The number of ether oxygens (including phenoxy) is 1. The molecule has 0 N–H and O–H groups in total. The Morgan fingerprint density at radius 2 is 1.91 bits per heavy atom. The van der Waals surface area contributed by atoms with Crippen molar-refractivity contribution >= 4 is 0 Å². The molecule has 2 aliphatic rings. The highest BCUT2D eigenvalue weighted by molar-refractivity contribution is 5.02. The van der Waals surface area contributed by atoms with E-state index in [2.05, 4.69) is 20.8 Å². The van der Waals surface area contributed by atoms with Crippen LogP contribution in [0.4, 0.5) is 0 Å². The summed E-state index contributed by atoms with van der Waals surface area (Å²) in [6.45, 7) is 7.88. The largest absolute Gasteiger partial charge is 0.375 e. The smallest absolute Gasteiger partial charge is 0.0659 e. The zero-order valence-electron chi connectivity index (χ0n) is 7.81. The Kier molecular flexibility index (Phi) is 1.39. The zero-order chi connectivity index (χ0) is 8.11. The Labute approximate surface area is 69.1 Å². The van der Waals surface area contributed by atoms with E-state index in [0.717, 1.165) is 12.5 Å². The van der Waals surface area contributed by atoms with Gasteiger partial charge in [0, 0.05) is 6.61 Å². The highest BCUT2D eigenvalue weighted by atomic mass is 16.5. The minimum atomic E-state index is 0.158. The third-order valence-corrected chi connectivity index (χ3v) is 3.83. The SMILES string of the molecule is CC12CCOC(C)(C)C1CC2. The first-order valence-corrected chi connectivity index (χ1v) is 4.69. The van der Waals surface area contributed by atoms with Crippen molar-refractivity contribution in [1.82, 2.24) is 0 Å².